The van der Waals surface area contributed by atoms with E-state index in [9.17, 15) is 67.4 Å². The Hall–Kier alpha value is -9.18. The molecule has 1 rings (SSSR count). The molecule has 10 atom stereocenters. The molecule has 0 aliphatic heterocycles. The number of carbonyl (C=O) groups is 13. The lowest BCUT2D eigenvalue weighted by Gasteiger charge is -2.29. The van der Waals surface area contributed by atoms with Gasteiger partial charge in [0.25, 0.3) is 0 Å². The smallest absolute Gasteiger partial charge is 0.326 e. The number of carboxylic acids is 1. The van der Waals surface area contributed by atoms with E-state index in [0.717, 1.165) is 0 Å². The molecule has 1 heterocycles. The van der Waals surface area contributed by atoms with E-state index < -0.39 is 169 Å². The van der Waals surface area contributed by atoms with Gasteiger partial charge in [-0.05, 0) is 87.9 Å². The fraction of sp³-hybridized carbons (Fsp3) is 0.679. The van der Waals surface area contributed by atoms with Gasteiger partial charge in [0.2, 0.25) is 70.9 Å². The molecule has 0 radical (unpaired) electrons. The van der Waals surface area contributed by atoms with Crippen molar-refractivity contribution in [1.82, 2.24) is 57.8 Å². The highest BCUT2D eigenvalue weighted by Crippen LogP contribution is 2.14. The average Bonchev–Trinajstić information content (AvgIpc) is 2.96. The number of carboxylic acid groups (broad SMARTS) is 1. The monoisotopic (exact) mass is 1290 g/mol. The van der Waals surface area contributed by atoms with Crippen molar-refractivity contribution < 1.29 is 67.4 Å². The molecule has 27 N–H and O–H groups in total. The van der Waals surface area contributed by atoms with Crippen LogP contribution in [-0.2, 0) is 68.7 Å². The molecular formula is C56H99N21O14. The Kier molecular flexibility index (Phi) is 36.1. The number of nitrogens with one attached hydrogen (secondary N) is 10. The predicted molar refractivity (Wildman–Crippen MR) is 334 cm³/mol. The van der Waals surface area contributed by atoms with E-state index in [1.165, 1.54) is 12.5 Å². The lowest BCUT2D eigenvalue weighted by atomic mass is 9.98. The minimum Gasteiger partial charge on any atom is -0.480 e. The number of aliphatic carboxylic acids is 1. The molecule has 12 amide bonds. The Balaban J connectivity index is 3.74. The second-order valence-electron chi connectivity index (χ2n) is 23.7. The Morgan fingerprint density at radius 2 is 0.769 bits per heavy atom. The SMILES string of the molecule is CC(C)C[C@H](NC(=O)[C@H](CCCN=C(N)N)NC(=O)[C@@H](NC(=O)[C@H](CC(C)C)NC(=O)[C@H](CCCN=C(N)N)NC(=O)[C@H](CCC(N)=O)NC(=O)[C@H](Cc1cnc[nH]1)NC(=O)[C@H](CCC(N)=O)NC(=O)[C@H](CC(C)C)NC(=O)[C@@H](N)CCC(N)=O)C(C)C)C(=O)O. The van der Waals surface area contributed by atoms with Crippen LogP contribution in [0.25, 0.3) is 0 Å². The van der Waals surface area contributed by atoms with E-state index >= 15 is 0 Å². The molecule has 0 aliphatic rings. The van der Waals surface area contributed by atoms with Crippen LogP contribution in [0.5, 0.6) is 0 Å². The Morgan fingerprint density at radius 3 is 1.14 bits per heavy atom. The van der Waals surface area contributed by atoms with E-state index in [4.69, 9.17) is 45.9 Å². The number of H-pyrrole nitrogens is 1. The molecule has 91 heavy (non-hydrogen) atoms. The summed E-state index contributed by atoms with van der Waals surface area (Å²) in [5, 5.41) is 32.9. The van der Waals surface area contributed by atoms with Crippen molar-refractivity contribution in [3.63, 3.8) is 0 Å². The maximum absolute atomic E-state index is 14.5. The molecule has 0 bridgehead atoms. The van der Waals surface area contributed by atoms with Crippen molar-refractivity contribution in [3.8, 4) is 0 Å². The van der Waals surface area contributed by atoms with Gasteiger partial charge < -0.3 is 104 Å². The molecule has 0 fully saturated rings. The first-order valence-corrected chi connectivity index (χ1v) is 30.2. The van der Waals surface area contributed by atoms with Gasteiger partial charge in [-0.2, -0.15) is 0 Å². The van der Waals surface area contributed by atoms with E-state index in [2.05, 4.69) is 67.8 Å². The van der Waals surface area contributed by atoms with E-state index in [1.54, 1.807) is 55.4 Å². The first kappa shape index (κ1) is 79.8. The van der Waals surface area contributed by atoms with Crippen LogP contribution in [0, 0.1) is 23.7 Å². The van der Waals surface area contributed by atoms with Crippen molar-refractivity contribution in [2.45, 2.75) is 206 Å². The highest BCUT2D eigenvalue weighted by molar-refractivity contribution is 5.99. The Morgan fingerprint density at radius 1 is 0.440 bits per heavy atom. The van der Waals surface area contributed by atoms with Crippen molar-refractivity contribution in [2.75, 3.05) is 13.1 Å². The Labute approximate surface area is 529 Å². The van der Waals surface area contributed by atoms with Gasteiger partial charge >= 0.3 is 5.97 Å². The van der Waals surface area contributed by atoms with Crippen LogP contribution in [0.15, 0.2) is 22.5 Å². The number of hydrogen-bond acceptors (Lipinski definition) is 17. The third kappa shape index (κ3) is 33.3. The molecule has 0 unspecified atom stereocenters. The third-order valence-electron chi connectivity index (χ3n) is 13.7. The molecule has 1 aromatic rings. The van der Waals surface area contributed by atoms with E-state index in [-0.39, 0.29) is 113 Å². The van der Waals surface area contributed by atoms with Crippen molar-refractivity contribution in [1.29, 1.82) is 0 Å². The summed E-state index contributed by atoms with van der Waals surface area (Å²) < 4.78 is 0. The number of nitrogens with two attached hydrogens (primary N) is 8. The first-order chi connectivity index (χ1) is 42.5. The maximum atomic E-state index is 14.5. The Bertz CT molecular complexity index is 2660. The summed E-state index contributed by atoms with van der Waals surface area (Å²) in [5.74, 6) is -13.8. The van der Waals surface area contributed by atoms with Crippen molar-refractivity contribution >= 4 is 88.8 Å². The van der Waals surface area contributed by atoms with E-state index in [0.29, 0.717) is 0 Å². The van der Waals surface area contributed by atoms with E-state index in [1.807, 2.05) is 0 Å². The number of guanidine groups is 2. The number of primary amides is 3. The molecular weight excluding hydrogens is 1190 g/mol. The van der Waals surface area contributed by atoms with Crippen LogP contribution in [0.4, 0.5) is 0 Å². The maximum Gasteiger partial charge on any atom is 0.326 e. The van der Waals surface area contributed by atoms with Crippen molar-refractivity contribution in [3.05, 3.63) is 18.2 Å². The molecule has 1 aromatic heterocycles. The largest absolute Gasteiger partial charge is 0.480 e. The second kappa shape index (κ2) is 41.2. The number of hydrogen-bond donors (Lipinski definition) is 19. The fourth-order valence-corrected chi connectivity index (χ4v) is 8.97. The number of carbonyl (C=O) groups excluding carboxylic acids is 12. The molecule has 0 saturated carbocycles. The summed E-state index contributed by atoms with van der Waals surface area (Å²) in [6.45, 7) is 13.7. The quantitative estimate of drug-likeness (QED) is 0.0164. The van der Waals surface area contributed by atoms with Crippen LogP contribution in [-0.4, -0.2) is 177 Å². The lowest BCUT2D eigenvalue weighted by Crippen LogP contribution is -2.61. The molecule has 0 saturated heterocycles. The zero-order valence-electron chi connectivity index (χ0n) is 53.3. The summed E-state index contributed by atoms with van der Waals surface area (Å²) in [5.41, 5.74) is 44.4. The third-order valence-corrected chi connectivity index (χ3v) is 13.7. The summed E-state index contributed by atoms with van der Waals surface area (Å²) in [7, 11) is 0. The number of nitrogens with zero attached hydrogens (tertiary/aromatic N) is 3. The number of rotatable bonds is 45. The van der Waals surface area contributed by atoms with Crippen LogP contribution >= 0.6 is 0 Å². The molecule has 35 heteroatoms. The number of aliphatic imine (C=N–C) groups is 2. The number of amides is 12. The van der Waals surface area contributed by atoms with Gasteiger partial charge in [-0.1, -0.05) is 55.4 Å². The highest BCUT2D eigenvalue weighted by atomic mass is 16.4. The zero-order valence-corrected chi connectivity index (χ0v) is 53.3. The summed E-state index contributed by atoms with van der Waals surface area (Å²) in [6.07, 6.45) is 0.0979. The van der Waals surface area contributed by atoms with Gasteiger partial charge in [0, 0.05) is 50.7 Å². The van der Waals surface area contributed by atoms with Gasteiger partial charge in [-0.25, -0.2) is 9.78 Å². The molecule has 35 nitrogen and oxygen atoms in total. The van der Waals surface area contributed by atoms with Gasteiger partial charge in [0.05, 0.1) is 12.4 Å². The second-order valence-corrected chi connectivity index (χ2v) is 23.7. The predicted octanol–water partition coefficient (Wildman–Crippen LogP) is -5.57. The summed E-state index contributed by atoms with van der Waals surface area (Å²) in [6, 6.07) is -14.3. The number of aromatic amines is 1. The topological polar surface area (TPSA) is 612 Å². The van der Waals surface area contributed by atoms with Gasteiger partial charge in [-0.3, -0.25) is 67.5 Å². The molecule has 0 aliphatic carbocycles. The summed E-state index contributed by atoms with van der Waals surface area (Å²) >= 11 is 0. The van der Waals surface area contributed by atoms with Gasteiger partial charge in [0.15, 0.2) is 11.9 Å². The minimum absolute atomic E-state index is 0.0296. The molecule has 0 spiro atoms. The van der Waals surface area contributed by atoms with Crippen LogP contribution < -0.4 is 93.7 Å². The van der Waals surface area contributed by atoms with Crippen LogP contribution in [0.3, 0.4) is 0 Å². The number of imidazole rings is 1. The van der Waals surface area contributed by atoms with Crippen LogP contribution in [0.1, 0.15) is 145 Å². The zero-order chi connectivity index (χ0) is 69.2. The highest BCUT2D eigenvalue weighted by Gasteiger charge is 2.37. The van der Waals surface area contributed by atoms with Crippen LogP contribution in [0.2, 0.25) is 0 Å². The number of aromatic nitrogens is 2. The normalized spacial score (nSPS) is 14.5. The van der Waals surface area contributed by atoms with Gasteiger partial charge in [-0.15, -0.1) is 0 Å². The minimum atomic E-state index is -1.68. The van der Waals surface area contributed by atoms with Gasteiger partial charge in [0.1, 0.15) is 54.4 Å². The molecule has 0 aromatic carbocycles. The lowest BCUT2D eigenvalue weighted by molar-refractivity contribution is -0.143. The fourth-order valence-electron chi connectivity index (χ4n) is 8.97. The van der Waals surface area contributed by atoms with Crippen molar-refractivity contribution in [2.24, 2.45) is 79.5 Å². The molecule has 512 valence electrons. The average molecular weight is 1290 g/mol. The standard InChI is InChI=1S/C56H99N21O14/c1-27(2)21-37(73-45(81)32(57)13-16-41(58)78)50(86)70-36(15-18-43(60)80)49(85)75-39(24-31-25-65-26-68-31)51(87)71-35(14-17-42(59)79)48(84)69-33(11-9-19-66-55(61)62)46(82)74-38(22-28(3)4)52(88)77-44(30(7)8)53(89)72-34(12-10-20-67-56(63)64)47(83)76-40(54(90)91)23-29(5)6/h25-30,32-40,44H,9-24,57H2,1-8H3,(H2,58,78)(H2,59,79)(H2,60,80)(H,65,68)(H,69,84)(H,70,86)(H,71,87)(H,72,89)(H,73,81)(H,74,82)(H,75,85)(H,76,83)(H,77,88)(H,90,91)(H4,61,62,66)(H4,63,64,67)/t32-,33-,34-,35-,36-,37-,38-,39-,40-,44-/m0/s1. The first-order valence-electron chi connectivity index (χ1n) is 30.2. The summed E-state index contributed by atoms with van der Waals surface area (Å²) in [4.78, 5) is 189.